The van der Waals surface area contributed by atoms with Crippen molar-refractivity contribution in [2.75, 3.05) is 0 Å². The van der Waals surface area contributed by atoms with Crippen LogP contribution < -0.4 is 0 Å². The molecule has 2 heteroatoms. The van der Waals surface area contributed by atoms with E-state index < -0.39 is 0 Å². The molecular weight excluding hydrogens is 134 g/mol. The first-order valence-electron chi connectivity index (χ1n) is 2.70. The molecule has 9 heavy (non-hydrogen) atoms. The molecule has 0 rings (SSSR count). The molecule has 0 fully saturated rings. The smallest absolute Gasteiger partial charge is 0.131 e. The van der Waals surface area contributed by atoms with E-state index in [1.165, 1.54) is 0 Å². The zero-order valence-corrected chi connectivity index (χ0v) is 6.44. The van der Waals surface area contributed by atoms with Gasteiger partial charge in [0.1, 0.15) is 5.16 Å². The molecule has 0 radical (unpaired) electrons. The molecule has 0 saturated heterocycles. The van der Waals surface area contributed by atoms with Crippen LogP contribution in [0.3, 0.4) is 0 Å². The zero-order chi connectivity index (χ0) is 7.28. The third-order valence-corrected chi connectivity index (χ3v) is 1.27. The Balaban J connectivity index is 4.27. The summed E-state index contributed by atoms with van der Waals surface area (Å²) in [7, 11) is 0. The quantitative estimate of drug-likeness (QED) is 0.320. The topological polar surface area (TPSA) is 12.4 Å². The Morgan fingerprint density at radius 3 is 2.56 bits per heavy atom. The lowest BCUT2D eigenvalue weighted by Crippen LogP contribution is -1.71. The molecule has 0 spiro atoms. The largest absolute Gasteiger partial charge is 0.249 e. The molecule has 50 valence electrons. The molecule has 0 N–H and O–H groups in total. The average molecular weight is 144 g/mol. The lowest BCUT2D eigenvalue weighted by Gasteiger charge is -1.90. The maximum Gasteiger partial charge on any atom is 0.131 e. The Labute approximate surface area is 60.7 Å². The van der Waals surface area contributed by atoms with Crippen LogP contribution in [0.5, 0.6) is 0 Å². The highest BCUT2D eigenvalue weighted by Crippen LogP contribution is 2.09. The average Bonchev–Trinajstić information content (AvgIpc) is 1.87. The van der Waals surface area contributed by atoms with E-state index in [4.69, 9.17) is 11.6 Å². The molecule has 0 aromatic carbocycles. The van der Waals surface area contributed by atoms with Crippen molar-refractivity contribution in [3.05, 3.63) is 23.4 Å². The summed E-state index contributed by atoms with van der Waals surface area (Å²) in [6.45, 7) is 7.23. The van der Waals surface area contributed by atoms with Crippen molar-refractivity contribution in [3.8, 4) is 0 Å². The van der Waals surface area contributed by atoms with Gasteiger partial charge in [0, 0.05) is 6.21 Å². The number of aliphatic imine (C=N–C) groups is 1. The molecule has 0 saturated carbocycles. The number of nitrogens with zero attached hydrogens (tertiary/aromatic N) is 1. The minimum atomic E-state index is 0.507. The van der Waals surface area contributed by atoms with Crippen LogP contribution in [0, 0.1) is 0 Å². The van der Waals surface area contributed by atoms with E-state index in [9.17, 15) is 0 Å². The van der Waals surface area contributed by atoms with E-state index in [0.717, 1.165) is 5.57 Å². The Morgan fingerprint density at radius 1 is 1.67 bits per heavy atom. The predicted octanol–water partition coefficient (Wildman–Crippen LogP) is 2.73. The monoisotopic (exact) mass is 143 g/mol. The normalized spacial score (nSPS) is 13.7. The van der Waals surface area contributed by atoms with Gasteiger partial charge in [-0.25, -0.2) is 4.99 Å². The SMILES string of the molecule is C=C/C(C)=C(/Cl)N=CC. The Kier molecular flexibility index (Phi) is 4.06. The summed E-state index contributed by atoms with van der Waals surface area (Å²) in [4.78, 5) is 3.84. The van der Waals surface area contributed by atoms with Gasteiger partial charge in [0.15, 0.2) is 0 Å². The minimum Gasteiger partial charge on any atom is -0.249 e. The summed E-state index contributed by atoms with van der Waals surface area (Å²) in [6, 6.07) is 0. The molecule has 0 atom stereocenters. The standard InChI is InChI=1S/C7H10ClN/c1-4-6(3)7(8)9-5-2/h4-5H,1H2,2-3H3/b7-6-,9-5?. The summed E-state index contributed by atoms with van der Waals surface area (Å²) in [6.07, 6.45) is 3.32. The molecule has 0 unspecified atom stereocenters. The first kappa shape index (κ1) is 8.44. The predicted molar refractivity (Wildman–Crippen MR) is 42.9 cm³/mol. The van der Waals surface area contributed by atoms with E-state index in [0.29, 0.717) is 5.16 Å². The second-order valence-corrected chi connectivity index (χ2v) is 1.92. The van der Waals surface area contributed by atoms with Crippen LogP contribution >= 0.6 is 11.6 Å². The number of hydrogen-bond donors (Lipinski definition) is 0. The lowest BCUT2D eigenvalue weighted by molar-refractivity contribution is 1.39. The van der Waals surface area contributed by atoms with Crippen molar-refractivity contribution in [1.82, 2.24) is 0 Å². The molecule has 0 amide bonds. The second-order valence-electron chi connectivity index (χ2n) is 1.57. The highest BCUT2D eigenvalue weighted by molar-refractivity contribution is 6.30. The second kappa shape index (κ2) is 4.33. The van der Waals surface area contributed by atoms with Gasteiger partial charge in [-0.1, -0.05) is 24.3 Å². The van der Waals surface area contributed by atoms with Gasteiger partial charge in [-0.05, 0) is 19.4 Å². The van der Waals surface area contributed by atoms with E-state index in [1.54, 1.807) is 12.3 Å². The van der Waals surface area contributed by atoms with E-state index in [-0.39, 0.29) is 0 Å². The highest BCUT2D eigenvalue weighted by Gasteiger charge is 1.88. The highest BCUT2D eigenvalue weighted by atomic mass is 35.5. The number of rotatable bonds is 2. The van der Waals surface area contributed by atoms with Crippen LogP contribution in [0.25, 0.3) is 0 Å². The zero-order valence-electron chi connectivity index (χ0n) is 5.69. The van der Waals surface area contributed by atoms with E-state index in [2.05, 4.69) is 11.6 Å². The van der Waals surface area contributed by atoms with Gasteiger partial charge in [0.2, 0.25) is 0 Å². The minimum absolute atomic E-state index is 0.507. The molecular formula is C7H10ClN. The molecule has 0 bridgehead atoms. The number of allylic oxidation sites excluding steroid dienone is 2. The van der Waals surface area contributed by atoms with Crippen molar-refractivity contribution in [2.45, 2.75) is 13.8 Å². The molecule has 0 aromatic heterocycles. The van der Waals surface area contributed by atoms with Crippen molar-refractivity contribution in [3.63, 3.8) is 0 Å². The third kappa shape index (κ3) is 3.09. The first-order chi connectivity index (χ1) is 4.22. The summed E-state index contributed by atoms with van der Waals surface area (Å²) in [5, 5.41) is 0.507. The maximum atomic E-state index is 5.64. The first-order valence-corrected chi connectivity index (χ1v) is 3.07. The Hall–Kier alpha value is -0.560. The van der Waals surface area contributed by atoms with E-state index in [1.807, 2.05) is 13.8 Å². The Morgan fingerprint density at radius 2 is 2.22 bits per heavy atom. The summed E-state index contributed by atoms with van der Waals surface area (Å²) in [5.41, 5.74) is 0.898. The van der Waals surface area contributed by atoms with Crippen molar-refractivity contribution >= 4 is 17.8 Å². The van der Waals surface area contributed by atoms with Gasteiger partial charge < -0.3 is 0 Å². The molecule has 0 aliphatic heterocycles. The fraction of sp³-hybridized carbons (Fsp3) is 0.286. The lowest BCUT2D eigenvalue weighted by atomic mass is 10.3. The van der Waals surface area contributed by atoms with Crippen LogP contribution in [0.1, 0.15) is 13.8 Å². The van der Waals surface area contributed by atoms with Crippen molar-refractivity contribution in [2.24, 2.45) is 4.99 Å². The summed E-state index contributed by atoms with van der Waals surface area (Å²) < 4.78 is 0. The van der Waals surface area contributed by atoms with Gasteiger partial charge in [-0.15, -0.1) is 0 Å². The maximum absolute atomic E-state index is 5.64. The van der Waals surface area contributed by atoms with Crippen molar-refractivity contribution < 1.29 is 0 Å². The van der Waals surface area contributed by atoms with Gasteiger partial charge in [0.25, 0.3) is 0 Å². The fourth-order valence-electron chi connectivity index (χ4n) is 0.299. The molecule has 0 aromatic rings. The molecule has 0 aliphatic carbocycles. The van der Waals surface area contributed by atoms with Gasteiger partial charge in [-0.2, -0.15) is 0 Å². The number of hydrogen-bond acceptors (Lipinski definition) is 1. The summed E-state index contributed by atoms with van der Waals surface area (Å²) in [5.74, 6) is 0. The Bertz CT molecular complexity index is 156. The van der Waals surface area contributed by atoms with Crippen LogP contribution in [0.4, 0.5) is 0 Å². The van der Waals surface area contributed by atoms with Crippen LogP contribution in [0.15, 0.2) is 28.4 Å². The molecule has 0 heterocycles. The van der Waals surface area contributed by atoms with Gasteiger partial charge in [0.05, 0.1) is 0 Å². The molecule has 1 nitrogen and oxygen atoms in total. The third-order valence-electron chi connectivity index (χ3n) is 0.874. The summed E-state index contributed by atoms with van der Waals surface area (Å²) >= 11 is 5.64. The fourth-order valence-corrected chi connectivity index (χ4v) is 0.474. The van der Waals surface area contributed by atoms with Crippen molar-refractivity contribution in [1.29, 1.82) is 0 Å². The van der Waals surface area contributed by atoms with Crippen LogP contribution in [0.2, 0.25) is 0 Å². The van der Waals surface area contributed by atoms with Gasteiger partial charge >= 0.3 is 0 Å². The van der Waals surface area contributed by atoms with Gasteiger partial charge in [-0.3, -0.25) is 0 Å². The molecule has 0 aliphatic rings. The van der Waals surface area contributed by atoms with E-state index >= 15 is 0 Å². The van der Waals surface area contributed by atoms with Crippen LogP contribution in [-0.2, 0) is 0 Å². The van der Waals surface area contributed by atoms with Crippen LogP contribution in [-0.4, -0.2) is 6.21 Å². The number of halogens is 1.